The lowest BCUT2D eigenvalue weighted by Crippen LogP contribution is -2.20. The van der Waals surface area contributed by atoms with Crippen LogP contribution in [0.4, 0.5) is 0 Å². The van der Waals surface area contributed by atoms with Gasteiger partial charge in [-0.25, -0.2) is 0 Å². The largest absolute Gasteiger partial charge is 0.494 e. The van der Waals surface area contributed by atoms with Gasteiger partial charge in [0.25, 0.3) is 0 Å². The molecule has 1 unspecified atom stereocenters. The first kappa shape index (κ1) is 23.0. The predicted octanol–water partition coefficient (Wildman–Crippen LogP) is 8.69. The Morgan fingerprint density at radius 2 is 1.61 bits per heavy atom. The highest BCUT2D eigenvalue weighted by molar-refractivity contribution is 5.30. The average Bonchev–Trinajstić information content (AvgIpc) is 2.73. The molecule has 0 N–H and O–H groups in total. The fourth-order valence-electron chi connectivity index (χ4n) is 4.87. The van der Waals surface area contributed by atoms with Crippen molar-refractivity contribution in [2.45, 2.75) is 103 Å². The molecule has 0 amide bonds. The van der Waals surface area contributed by atoms with Crippen molar-refractivity contribution >= 4 is 0 Å². The van der Waals surface area contributed by atoms with Crippen molar-refractivity contribution in [1.29, 1.82) is 0 Å². The second-order valence-corrected chi connectivity index (χ2v) is 8.89. The molecule has 1 heteroatoms. The molecule has 0 bridgehead atoms. The van der Waals surface area contributed by atoms with Crippen molar-refractivity contribution in [2.75, 3.05) is 6.61 Å². The van der Waals surface area contributed by atoms with Crippen molar-refractivity contribution in [3.63, 3.8) is 0 Å². The van der Waals surface area contributed by atoms with E-state index in [1.807, 2.05) is 0 Å². The zero-order valence-corrected chi connectivity index (χ0v) is 18.6. The van der Waals surface area contributed by atoms with Crippen molar-refractivity contribution in [3.8, 4) is 5.75 Å². The molecule has 0 radical (unpaired) electrons. The average molecular weight is 385 g/mol. The zero-order chi connectivity index (χ0) is 20.0. The lowest BCUT2D eigenvalue weighted by Gasteiger charge is -2.34. The predicted molar refractivity (Wildman–Crippen MR) is 123 cm³/mol. The molecule has 1 nitrogen and oxygen atoms in total. The van der Waals surface area contributed by atoms with Gasteiger partial charge in [0, 0.05) is 0 Å². The Labute approximate surface area is 175 Å². The van der Waals surface area contributed by atoms with E-state index in [1.165, 1.54) is 76.2 Å². The molecule has 1 saturated carbocycles. The summed E-state index contributed by atoms with van der Waals surface area (Å²) in [5, 5.41) is 0. The van der Waals surface area contributed by atoms with Gasteiger partial charge in [0.15, 0.2) is 0 Å². The fourth-order valence-corrected chi connectivity index (χ4v) is 4.87. The van der Waals surface area contributed by atoms with E-state index >= 15 is 0 Å². The van der Waals surface area contributed by atoms with E-state index in [2.05, 4.69) is 50.8 Å². The highest BCUT2D eigenvalue weighted by atomic mass is 16.5. The van der Waals surface area contributed by atoms with Gasteiger partial charge < -0.3 is 4.74 Å². The fraction of sp³-hybridized carbons (Fsp3) is 0.704. The number of allylic oxidation sites excluding steroid dienone is 1. The molecule has 1 aromatic carbocycles. The van der Waals surface area contributed by atoms with Crippen LogP contribution in [-0.4, -0.2) is 6.61 Å². The summed E-state index contributed by atoms with van der Waals surface area (Å²) in [5.41, 5.74) is 1.48. The Morgan fingerprint density at radius 3 is 2.25 bits per heavy atom. The third kappa shape index (κ3) is 8.02. The minimum Gasteiger partial charge on any atom is -0.494 e. The first-order valence-corrected chi connectivity index (χ1v) is 12.1. The van der Waals surface area contributed by atoms with Gasteiger partial charge in [-0.05, 0) is 61.1 Å². The normalized spacial score (nSPS) is 20.6. The first-order valence-electron chi connectivity index (χ1n) is 12.1. The van der Waals surface area contributed by atoms with Crippen LogP contribution < -0.4 is 4.74 Å². The SMILES string of the molecule is C=CCC(c1ccc(OCCCCCC)cc1)C1CCC(CCCCC)CC1. The van der Waals surface area contributed by atoms with Crippen molar-refractivity contribution in [1.82, 2.24) is 0 Å². The summed E-state index contributed by atoms with van der Waals surface area (Å²) in [7, 11) is 0. The zero-order valence-electron chi connectivity index (χ0n) is 18.6. The Bertz CT molecular complexity index is 510. The molecule has 0 spiro atoms. The maximum atomic E-state index is 5.93. The maximum absolute atomic E-state index is 5.93. The van der Waals surface area contributed by atoms with Gasteiger partial charge in [-0.1, -0.05) is 89.8 Å². The van der Waals surface area contributed by atoms with Gasteiger partial charge in [0.1, 0.15) is 5.75 Å². The number of rotatable bonds is 14. The summed E-state index contributed by atoms with van der Waals surface area (Å²) < 4.78 is 5.93. The second kappa shape index (κ2) is 13.9. The highest BCUT2D eigenvalue weighted by Gasteiger charge is 2.27. The van der Waals surface area contributed by atoms with Crippen LogP contribution in [0.3, 0.4) is 0 Å². The Balaban J connectivity index is 1.83. The molecule has 1 fully saturated rings. The molecule has 28 heavy (non-hydrogen) atoms. The molecule has 0 saturated heterocycles. The van der Waals surface area contributed by atoms with Crippen LogP contribution in [0.25, 0.3) is 0 Å². The van der Waals surface area contributed by atoms with Crippen molar-refractivity contribution < 1.29 is 4.74 Å². The molecule has 1 aromatic rings. The third-order valence-corrected chi connectivity index (χ3v) is 6.67. The van der Waals surface area contributed by atoms with Crippen LogP contribution in [0, 0.1) is 11.8 Å². The van der Waals surface area contributed by atoms with Crippen molar-refractivity contribution in [3.05, 3.63) is 42.5 Å². The molecule has 1 aliphatic rings. The summed E-state index contributed by atoms with van der Waals surface area (Å²) in [5.74, 6) is 3.46. The third-order valence-electron chi connectivity index (χ3n) is 6.67. The maximum Gasteiger partial charge on any atom is 0.119 e. The lowest BCUT2D eigenvalue weighted by molar-refractivity contribution is 0.230. The van der Waals surface area contributed by atoms with E-state index in [-0.39, 0.29) is 0 Å². The highest BCUT2D eigenvalue weighted by Crippen LogP contribution is 2.41. The first-order chi connectivity index (χ1) is 13.8. The van der Waals surface area contributed by atoms with Gasteiger partial charge in [0.2, 0.25) is 0 Å². The quantitative estimate of drug-likeness (QED) is 0.230. The topological polar surface area (TPSA) is 9.23 Å². The minimum absolute atomic E-state index is 0.632. The number of unbranched alkanes of at least 4 members (excludes halogenated alkanes) is 5. The standard InChI is InChI=1S/C27H44O/c1-4-7-9-11-22-28-26-20-18-25(19-21-26)27(12-6-3)24-16-14-23(15-17-24)13-10-8-5-2/h6,18-21,23-24,27H,3-5,7-17,22H2,1-2H3. The Hall–Kier alpha value is -1.24. The molecule has 1 aliphatic carbocycles. The molecule has 0 heterocycles. The molecule has 0 aromatic heterocycles. The number of hydrogen-bond acceptors (Lipinski definition) is 1. The van der Waals surface area contributed by atoms with Gasteiger partial charge in [0.05, 0.1) is 6.61 Å². The van der Waals surface area contributed by atoms with E-state index in [1.54, 1.807) is 0 Å². The number of ether oxygens (including phenoxy) is 1. The van der Waals surface area contributed by atoms with E-state index in [4.69, 9.17) is 4.74 Å². The summed E-state index contributed by atoms with van der Waals surface area (Å²) in [6, 6.07) is 8.98. The molecule has 158 valence electrons. The smallest absolute Gasteiger partial charge is 0.119 e. The number of benzene rings is 1. The lowest BCUT2D eigenvalue weighted by atomic mass is 9.71. The van der Waals surface area contributed by atoms with Crippen LogP contribution in [0.5, 0.6) is 5.75 Å². The van der Waals surface area contributed by atoms with E-state index in [0.717, 1.165) is 37.0 Å². The molecule has 1 atom stereocenters. The van der Waals surface area contributed by atoms with E-state index < -0.39 is 0 Å². The van der Waals surface area contributed by atoms with Crippen LogP contribution in [-0.2, 0) is 0 Å². The second-order valence-electron chi connectivity index (χ2n) is 8.89. The molecular weight excluding hydrogens is 340 g/mol. The minimum atomic E-state index is 0.632. The van der Waals surface area contributed by atoms with Gasteiger partial charge in [-0.3, -0.25) is 0 Å². The van der Waals surface area contributed by atoms with Crippen LogP contribution in [0.2, 0.25) is 0 Å². The monoisotopic (exact) mass is 384 g/mol. The number of hydrogen-bond donors (Lipinski definition) is 0. The van der Waals surface area contributed by atoms with Gasteiger partial charge in [-0.15, -0.1) is 6.58 Å². The molecule has 2 rings (SSSR count). The summed E-state index contributed by atoms with van der Waals surface area (Å²) in [6.45, 7) is 9.44. The van der Waals surface area contributed by atoms with Crippen LogP contribution in [0.15, 0.2) is 36.9 Å². The van der Waals surface area contributed by atoms with Crippen molar-refractivity contribution in [2.24, 2.45) is 11.8 Å². The van der Waals surface area contributed by atoms with Gasteiger partial charge >= 0.3 is 0 Å². The Kier molecular flexibility index (Phi) is 11.4. The van der Waals surface area contributed by atoms with Crippen LogP contribution >= 0.6 is 0 Å². The summed E-state index contributed by atoms with van der Waals surface area (Å²) in [6.07, 6.45) is 19.5. The van der Waals surface area contributed by atoms with Crippen LogP contribution in [0.1, 0.15) is 109 Å². The van der Waals surface area contributed by atoms with E-state index in [9.17, 15) is 0 Å². The summed E-state index contributed by atoms with van der Waals surface area (Å²) >= 11 is 0. The molecular formula is C27H44O. The van der Waals surface area contributed by atoms with E-state index in [0.29, 0.717) is 5.92 Å². The van der Waals surface area contributed by atoms with Gasteiger partial charge in [-0.2, -0.15) is 0 Å². The Morgan fingerprint density at radius 1 is 0.929 bits per heavy atom. The molecule has 0 aliphatic heterocycles. The summed E-state index contributed by atoms with van der Waals surface area (Å²) in [4.78, 5) is 0.